The van der Waals surface area contributed by atoms with Gasteiger partial charge in [-0.1, -0.05) is 77.8 Å². The van der Waals surface area contributed by atoms with Gasteiger partial charge in [0.1, 0.15) is 6.10 Å². The predicted molar refractivity (Wildman–Crippen MR) is 148 cm³/mol. The van der Waals surface area contributed by atoms with E-state index in [0.29, 0.717) is 12.5 Å². The third-order valence-corrected chi connectivity index (χ3v) is 13.5. The Morgan fingerprint density at radius 3 is 2.53 bits per heavy atom. The molecule has 2 aliphatic heterocycles. The predicted octanol–water partition coefficient (Wildman–Crippen LogP) is 7.23. The Kier molecular flexibility index (Phi) is 10.3. The second-order valence-electron chi connectivity index (χ2n) is 12.8. The zero-order chi connectivity index (χ0) is 26.5. The highest BCUT2D eigenvalue weighted by atomic mass is 28.4. The lowest BCUT2D eigenvalue weighted by atomic mass is 9.86. The van der Waals surface area contributed by atoms with Crippen molar-refractivity contribution in [3.8, 4) is 0 Å². The van der Waals surface area contributed by atoms with Crippen LogP contribution in [-0.4, -0.2) is 50.2 Å². The summed E-state index contributed by atoms with van der Waals surface area (Å²) in [4.78, 5) is 0. The molecule has 6 heteroatoms. The molecule has 3 rings (SSSR count). The second kappa shape index (κ2) is 12.4. The van der Waals surface area contributed by atoms with E-state index in [1.165, 1.54) is 0 Å². The van der Waals surface area contributed by atoms with Crippen LogP contribution in [0, 0.1) is 5.92 Å². The molecule has 206 valence electrons. The molecule has 1 unspecified atom stereocenters. The summed E-state index contributed by atoms with van der Waals surface area (Å²) in [5.74, 6) is -0.116. The van der Waals surface area contributed by atoms with Crippen LogP contribution in [-0.2, 0) is 25.2 Å². The van der Waals surface area contributed by atoms with Crippen LogP contribution < -0.4 is 0 Å². The number of rotatable bonds is 12. The van der Waals surface area contributed by atoms with Crippen LogP contribution >= 0.6 is 0 Å². The molecule has 2 aliphatic rings. The minimum atomic E-state index is -1.78. The van der Waals surface area contributed by atoms with Crippen LogP contribution in [0.3, 0.4) is 0 Å². The third-order valence-electron chi connectivity index (χ3n) is 8.92. The number of hydrogen-bond acceptors (Lipinski definition) is 5. The van der Waals surface area contributed by atoms with E-state index in [0.717, 1.165) is 63.5 Å². The van der Waals surface area contributed by atoms with Crippen molar-refractivity contribution >= 4 is 8.32 Å². The first kappa shape index (κ1) is 29.8. The quantitative estimate of drug-likeness (QED) is 0.295. The van der Waals surface area contributed by atoms with Crippen LogP contribution in [0.4, 0.5) is 0 Å². The van der Waals surface area contributed by atoms with Gasteiger partial charge in [0.25, 0.3) is 0 Å². The normalized spacial score (nSPS) is 30.1. The van der Waals surface area contributed by atoms with Crippen molar-refractivity contribution in [2.75, 3.05) is 13.2 Å². The lowest BCUT2D eigenvalue weighted by Crippen LogP contribution is -2.51. The molecule has 1 aromatic rings. The minimum absolute atomic E-state index is 0.122. The molecule has 2 saturated heterocycles. The first-order valence-corrected chi connectivity index (χ1v) is 17.1. The molecule has 0 amide bonds. The molecule has 1 spiro atoms. The van der Waals surface area contributed by atoms with E-state index in [4.69, 9.17) is 18.6 Å². The summed E-state index contributed by atoms with van der Waals surface area (Å²) in [6.45, 7) is 17.4. The Labute approximate surface area is 221 Å². The van der Waals surface area contributed by atoms with Crippen molar-refractivity contribution in [1.82, 2.24) is 0 Å². The van der Waals surface area contributed by atoms with Crippen molar-refractivity contribution in [2.45, 2.75) is 134 Å². The molecule has 1 aromatic carbocycles. The van der Waals surface area contributed by atoms with Gasteiger partial charge in [-0.05, 0) is 55.3 Å². The standard InChI is InChI=1S/C30H52O5Si/c1-8-9-17-29(27(31)23-32-22-25-13-11-10-12-14-25)19-20-30(35-29)18-15-24(2)26(34-30)16-21-33-36(6,7)28(3,4)5/h10-14,24,26-27,31H,8-9,15-23H2,1-7H3/t24?,26-,27-,29-,30+/m1/s1. The largest absolute Gasteiger partial charge is 0.417 e. The number of unbranched alkanes of at least 4 members (excludes halogenated alkanes) is 1. The molecule has 0 aliphatic carbocycles. The summed E-state index contributed by atoms with van der Waals surface area (Å²) in [5, 5.41) is 11.5. The van der Waals surface area contributed by atoms with Crippen LogP contribution in [0.25, 0.3) is 0 Å². The summed E-state index contributed by atoms with van der Waals surface area (Å²) >= 11 is 0. The number of hydrogen-bond donors (Lipinski definition) is 1. The zero-order valence-electron chi connectivity index (χ0n) is 24.0. The summed E-state index contributed by atoms with van der Waals surface area (Å²) in [6, 6.07) is 10.1. The van der Waals surface area contributed by atoms with E-state index in [1.54, 1.807) is 0 Å². The average Bonchev–Trinajstić information content (AvgIpc) is 3.19. The summed E-state index contributed by atoms with van der Waals surface area (Å²) in [6.07, 6.45) is 6.88. The van der Waals surface area contributed by atoms with Crippen molar-refractivity contribution in [1.29, 1.82) is 0 Å². The maximum absolute atomic E-state index is 11.3. The molecule has 5 nitrogen and oxygen atoms in total. The highest BCUT2D eigenvalue weighted by Crippen LogP contribution is 2.50. The monoisotopic (exact) mass is 520 g/mol. The van der Waals surface area contributed by atoms with Crippen LogP contribution in [0.5, 0.6) is 0 Å². The molecule has 2 heterocycles. The first-order chi connectivity index (χ1) is 16.9. The molecule has 0 saturated carbocycles. The van der Waals surface area contributed by atoms with Gasteiger partial charge >= 0.3 is 0 Å². The summed E-state index contributed by atoms with van der Waals surface area (Å²) in [5.41, 5.74) is 0.513. The number of ether oxygens (including phenoxy) is 3. The smallest absolute Gasteiger partial charge is 0.191 e. The Morgan fingerprint density at radius 2 is 1.86 bits per heavy atom. The number of benzene rings is 1. The highest BCUT2D eigenvalue weighted by Gasteiger charge is 2.55. The fraction of sp³-hybridized carbons (Fsp3) is 0.800. The Balaban J connectivity index is 1.61. The first-order valence-electron chi connectivity index (χ1n) is 14.2. The van der Waals surface area contributed by atoms with Crippen molar-refractivity contribution in [3.05, 3.63) is 35.9 Å². The number of aliphatic hydroxyl groups excluding tert-OH is 1. The molecular formula is C30H52O5Si. The molecule has 0 aromatic heterocycles. The Hall–Kier alpha value is -0.763. The maximum Gasteiger partial charge on any atom is 0.191 e. The molecule has 2 fully saturated rings. The van der Waals surface area contributed by atoms with Gasteiger partial charge < -0.3 is 23.7 Å². The Bertz CT molecular complexity index is 794. The van der Waals surface area contributed by atoms with Gasteiger partial charge in [0.05, 0.1) is 24.9 Å². The summed E-state index contributed by atoms with van der Waals surface area (Å²) in [7, 11) is -1.78. The molecule has 0 bridgehead atoms. The molecule has 0 radical (unpaired) electrons. The van der Waals surface area contributed by atoms with E-state index in [2.05, 4.69) is 47.7 Å². The third kappa shape index (κ3) is 7.42. The Morgan fingerprint density at radius 1 is 1.14 bits per heavy atom. The van der Waals surface area contributed by atoms with Crippen molar-refractivity contribution < 1.29 is 23.7 Å². The lowest BCUT2D eigenvalue weighted by molar-refractivity contribution is -0.314. The minimum Gasteiger partial charge on any atom is -0.417 e. The SMILES string of the molecule is CCCC[C@]1([C@H](O)COCc2ccccc2)CC[C@]2(CCC(C)[C@@H](CCO[Si](C)(C)C(C)(C)C)O2)O1. The van der Waals surface area contributed by atoms with Gasteiger partial charge in [-0.2, -0.15) is 0 Å². The van der Waals surface area contributed by atoms with E-state index in [1.807, 2.05) is 30.3 Å². The van der Waals surface area contributed by atoms with Crippen LogP contribution in [0.2, 0.25) is 18.1 Å². The average molecular weight is 521 g/mol. The lowest BCUT2D eigenvalue weighted by Gasteiger charge is -2.44. The maximum atomic E-state index is 11.3. The summed E-state index contributed by atoms with van der Waals surface area (Å²) < 4.78 is 26.0. The fourth-order valence-electron chi connectivity index (χ4n) is 5.28. The number of aliphatic hydroxyl groups is 1. The van der Waals surface area contributed by atoms with E-state index in [9.17, 15) is 5.11 Å². The molecule has 36 heavy (non-hydrogen) atoms. The van der Waals surface area contributed by atoms with Crippen LogP contribution in [0.1, 0.15) is 91.5 Å². The van der Waals surface area contributed by atoms with Gasteiger partial charge in [0.2, 0.25) is 0 Å². The van der Waals surface area contributed by atoms with Gasteiger partial charge in [-0.25, -0.2) is 0 Å². The van der Waals surface area contributed by atoms with Crippen LogP contribution in [0.15, 0.2) is 30.3 Å². The molecular weight excluding hydrogens is 468 g/mol. The topological polar surface area (TPSA) is 57.2 Å². The fourth-order valence-corrected chi connectivity index (χ4v) is 6.34. The van der Waals surface area contributed by atoms with E-state index >= 15 is 0 Å². The van der Waals surface area contributed by atoms with Crippen molar-refractivity contribution in [2.24, 2.45) is 5.92 Å². The second-order valence-corrected chi connectivity index (χ2v) is 17.6. The van der Waals surface area contributed by atoms with Crippen molar-refractivity contribution in [3.63, 3.8) is 0 Å². The van der Waals surface area contributed by atoms with E-state index < -0.39 is 25.8 Å². The van der Waals surface area contributed by atoms with E-state index in [-0.39, 0.29) is 17.7 Å². The van der Waals surface area contributed by atoms with Gasteiger partial charge in [-0.3, -0.25) is 0 Å². The molecule has 5 atom stereocenters. The van der Waals surface area contributed by atoms with Gasteiger partial charge in [0.15, 0.2) is 14.1 Å². The van der Waals surface area contributed by atoms with Gasteiger partial charge in [0, 0.05) is 19.4 Å². The molecule has 1 N–H and O–H groups in total. The highest BCUT2D eigenvalue weighted by molar-refractivity contribution is 6.74. The van der Waals surface area contributed by atoms with Gasteiger partial charge in [-0.15, -0.1) is 0 Å². The zero-order valence-corrected chi connectivity index (χ0v) is 25.0.